The topological polar surface area (TPSA) is 251 Å². The van der Waals surface area contributed by atoms with E-state index in [1.54, 1.807) is 49.2 Å². The SMILES string of the molecule is CCOC(=O)C(C)C[C@H](Cc1ccc(O)c(NC(=O)CCCNC(=O)C#CC(=O)O)c1)NC(=O)c1csc([C@@H](C[C@H](C(C)C)N(C)C(=O)[C@@H](CC(=O)[C@H]2CCCCN2C)[C@@H](C)CC)OC(C)=O)n1. The molecule has 18 nitrogen and oxygen atoms in total. The Bertz CT molecular complexity index is 2150. The van der Waals surface area contributed by atoms with Gasteiger partial charge >= 0.3 is 17.9 Å². The molecular weight excluding hydrogens is 897 g/mol. The largest absolute Gasteiger partial charge is 0.506 e. The number of aliphatic carboxylic acids is 1. The maximum atomic E-state index is 14.4. The summed E-state index contributed by atoms with van der Waals surface area (Å²) < 4.78 is 11.1. The van der Waals surface area contributed by atoms with Gasteiger partial charge in [-0.05, 0) is 82.2 Å². The Morgan fingerprint density at radius 3 is 2.38 bits per heavy atom. The Kier molecular flexibility index (Phi) is 23.1. The van der Waals surface area contributed by atoms with Crippen LogP contribution in [0.15, 0.2) is 23.6 Å². The first kappa shape index (κ1) is 56.5. The number of thiazole rings is 1. The number of amides is 4. The number of ketones is 1. The molecule has 0 spiro atoms. The number of likely N-dealkylation sites (N-methyl/N-ethyl adjacent to an activating group) is 1. The van der Waals surface area contributed by atoms with Crippen LogP contribution >= 0.6 is 11.3 Å². The van der Waals surface area contributed by atoms with Crippen LogP contribution in [0.1, 0.15) is 133 Å². The van der Waals surface area contributed by atoms with E-state index in [0.717, 1.165) is 37.1 Å². The zero-order chi connectivity index (χ0) is 50.7. The van der Waals surface area contributed by atoms with Gasteiger partial charge in [-0.2, -0.15) is 0 Å². The maximum Gasteiger partial charge on any atom is 0.382 e. The number of piperidine rings is 1. The second kappa shape index (κ2) is 27.8. The molecule has 4 amide bonds. The Hall–Kier alpha value is -5.87. The molecule has 1 aliphatic rings. The van der Waals surface area contributed by atoms with Gasteiger partial charge in [0.1, 0.15) is 16.5 Å². The Morgan fingerprint density at radius 2 is 1.75 bits per heavy atom. The second-order valence-electron chi connectivity index (χ2n) is 17.9. The number of hydrogen-bond donors (Lipinski definition) is 5. The van der Waals surface area contributed by atoms with Gasteiger partial charge in [-0.15, -0.1) is 11.3 Å². The summed E-state index contributed by atoms with van der Waals surface area (Å²) in [4.78, 5) is 111. The van der Waals surface area contributed by atoms with Gasteiger partial charge in [-0.3, -0.25) is 38.5 Å². The number of carbonyl (C=O) groups is 8. The molecule has 1 unspecified atom stereocenters. The molecule has 68 heavy (non-hydrogen) atoms. The fourth-order valence-electron chi connectivity index (χ4n) is 8.29. The number of aromatic hydroxyl groups is 1. The number of carbonyl (C=O) groups excluding carboxylic acids is 7. The summed E-state index contributed by atoms with van der Waals surface area (Å²) in [5.74, 6) is -2.32. The van der Waals surface area contributed by atoms with E-state index in [1.165, 1.54) is 13.0 Å². The highest BCUT2D eigenvalue weighted by Gasteiger charge is 2.38. The quantitative estimate of drug-likeness (QED) is 0.0368. The van der Waals surface area contributed by atoms with Crippen LogP contribution in [-0.2, 0) is 49.5 Å². The number of phenols is 1. The van der Waals surface area contributed by atoms with Crippen molar-refractivity contribution in [2.75, 3.05) is 39.1 Å². The maximum absolute atomic E-state index is 14.4. The number of nitrogens with one attached hydrogen (secondary N) is 3. The van der Waals surface area contributed by atoms with Crippen molar-refractivity contribution in [3.05, 3.63) is 39.8 Å². The number of carboxylic acids is 1. The molecule has 2 heterocycles. The Labute approximate surface area is 403 Å². The van der Waals surface area contributed by atoms with E-state index in [1.807, 2.05) is 40.7 Å². The molecule has 7 atom stereocenters. The number of likely N-dealkylation sites (tertiary alicyclic amines) is 1. The highest BCUT2D eigenvalue weighted by atomic mass is 32.1. The molecule has 2 aromatic rings. The normalized spacial score (nSPS) is 16.4. The van der Waals surface area contributed by atoms with Crippen LogP contribution < -0.4 is 16.0 Å². The van der Waals surface area contributed by atoms with Crippen LogP contribution in [0.3, 0.4) is 0 Å². The van der Waals surface area contributed by atoms with Crippen molar-refractivity contribution in [3.63, 3.8) is 0 Å². The number of ether oxygens (including phenoxy) is 2. The predicted octanol–water partition coefficient (Wildman–Crippen LogP) is 5.29. The van der Waals surface area contributed by atoms with E-state index < -0.39 is 65.7 Å². The number of Topliss-reactive ketones (excluding diaryl/α,β-unsaturated/α-hetero) is 1. The summed E-state index contributed by atoms with van der Waals surface area (Å²) in [6, 6.07) is 3.23. The first-order valence-corrected chi connectivity index (χ1v) is 24.3. The summed E-state index contributed by atoms with van der Waals surface area (Å²) in [5.41, 5.74) is 0.724. The number of anilines is 1. The minimum Gasteiger partial charge on any atom is -0.506 e. The molecule has 1 aromatic heterocycles. The lowest BCUT2D eigenvalue weighted by molar-refractivity contribution is -0.150. The van der Waals surface area contributed by atoms with Gasteiger partial charge in [0.15, 0.2) is 11.9 Å². The highest BCUT2D eigenvalue weighted by Crippen LogP contribution is 2.33. The zero-order valence-electron chi connectivity index (χ0n) is 40.8. The molecular formula is C49H70N6O12S. The number of nitrogens with zero attached hydrogens (tertiary/aromatic N) is 3. The lowest BCUT2D eigenvalue weighted by Gasteiger charge is -2.37. The number of benzene rings is 1. The van der Waals surface area contributed by atoms with E-state index in [0.29, 0.717) is 17.0 Å². The van der Waals surface area contributed by atoms with Gasteiger partial charge in [0, 0.05) is 75.0 Å². The van der Waals surface area contributed by atoms with E-state index in [2.05, 4.69) is 25.8 Å². The third-order valence-electron chi connectivity index (χ3n) is 12.2. The average molecular weight is 967 g/mol. The molecule has 1 fully saturated rings. The van der Waals surface area contributed by atoms with Crippen molar-refractivity contribution < 1.29 is 58.0 Å². The fourth-order valence-corrected chi connectivity index (χ4v) is 9.12. The molecule has 0 bridgehead atoms. The van der Waals surface area contributed by atoms with Gasteiger partial charge in [0.05, 0.1) is 24.3 Å². The van der Waals surface area contributed by atoms with Crippen LogP contribution in [0.2, 0.25) is 0 Å². The third kappa shape index (κ3) is 18.0. The van der Waals surface area contributed by atoms with Gasteiger partial charge in [-0.1, -0.05) is 53.5 Å². The number of carboxylic acid groups (broad SMARTS) is 1. The van der Waals surface area contributed by atoms with Gasteiger partial charge in [-0.25, -0.2) is 9.78 Å². The fraction of sp³-hybridized carbons (Fsp3) is 0.612. The van der Waals surface area contributed by atoms with Gasteiger partial charge < -0.3 is 40.5 Å². The van der Waals surface area contributed by atoms with Gasteiger partial charge in [0.25, 0.3) is 11.8 Å². The van der Waals surface area contributed by atoms with Crippen molar-refractivity contribution >= 4 is 64.3 Å². The molecule has 1 aliphatic heterocycles. The number of aromatic nitrogens is 1. The van der Waals surface area contributed by atoms with Crippen molar-refractivity contribution in [2.24, 2.45) is 23.7 Å². The van der Waals surface area contributed by atoms with Crippen LogP contribution in [0, 0.1) is 35.5 Å². The molecule has 3 rings (SSSR count). The monoisotopic (exact) mass is 966 g/mol. The molecule has 1 aromatic carbocycles. The number of hydrogen-bond acceptors (Lipinski definition) is 14. The van der Waals surface area contributed by atoms with Crippen LogP contribution in [0.25, 0.3) is 0 Å². The van der Waals surface area contributed by atoms with E-state index >= 15 is 0 Å². The summed E-state index contributed by atoms with van der Waals surface area (Å²) >= 11 is 1.13. The number of rotatable bonds is 25. The standard InChI is InChI=1S/C49H70N6O12S/c1-10-30(5)35(26-41(58)38-15-12-13-22-54(38)8)48(64)55(9)39(29(3)4)27-42(67-32(7)56)47-53-37(28-68-47)46(63)51-34(23-31(6)49(65)66-11-2)24-33-17-18-40(57)36(25-33)52-44(60)16-14-21-50-43(59)19-20-45(61)62/h17-18,25,28-31,34-35,38-39,42,57H,10-16,21-24,26-27H2,1-9H3,(H,50,59)(H,51,63)(H,52,60)(H,61,62)/t30-,31?,34+,35-,38+,39+,42+/m0/s1. The average Bonchev–Trinajstić information content (AvgIpc) is 3.79. The summed E-state index contributed by atoms with van der Waals surface area (Å²) in [6.45, 7) is 13.7. The summed E-state index contributed by atoms with van der Waals surface area (Å²) in [5, 5.41) is 29.1. The number of phenolic OH excluding ortho intramolecular Hbond substituents is 1. The van der Waals surface area contributed by atoms with Crippen LogP contribution in [0.4, 0.5) is 5.69 Å². The van der Waals surface area contributed by atoms with Crippen LogP contribution in [0.5, 0.6) is 5.75 Å². The predicted molar refractivity (Wildman–Crippen MR) is 255 cm³/mol. The summed E-state index contributed by atoms with van der Waals surface area (Å²) in [6.07, 6.45) is 3.37. The molecule has 19 heteroatoms. The number of esters is 2. The minimum absolute atomic E-state index is 0.0354. The lowest BCUT2D eigenvalue weighted by Crippen LogP contribution is -2.48. The molecule has 5 N–H and O–H groups in total. The van der Waals surface area contributed by atoms with Crippen molar-refractivity contribution in [1.82, 2.24) is 25.4 Å². The third-order valence-corrected chi connectivity index (χ3v) is 13.2. The van der Waals surface area contributed by atoms with E-state index in [4.69, 9.17) is 14.6 Å². The Morgan fingerprint density at radius 1 is 1.03 bits per heavy atom. The first-order valence-electron chi connectivity index (χ1n) is 23.4. The Balaban J connectivity index is 1.81. The second-order valence-corrected chi connectivity index (χ2v) is 18.8. The van der Waals surface area contributed by atoms with Crippen molar-refractivity contribution in [2.45, 2.75) is 137 Å². The first-order chi connectivity index (χ1) is 32.1. The van der Waals surface area contributed by atoms with Gasteiger partial charge in [0.2, 0.25) is 11.8 Å². The molecule has 0 aliphatic carbocycles. The molecule has 0 radical (unpaired) electrons. The smallest absolute Gasteiger partial charge is 0.382 e. The molecule has 0 saturated carbocycles. The van der Waals surface area contributed by atoms with Crippen molar-refractivity contribution in [3.8, 4) is 17.6 Å². The summed E-state index contributed by atoms with van der Waals surface area (Å²) in [7, 11) is 3.68. The van der Waals surface area contributed by atoms with Crippen molar-refractivity contribution in [1.29, 1.82) is 0 Å². The minimum atomic E-state index is -1.45. The molecule has 1 saturated heterocycles. The highest BCUT2D eigenvalue weighted by molar-refractivity contribution is 7.09. The van der Waals surface area contributed by atoms with Crippen LogP contribution in [-0.4, -0.2) is 124 Å². The van der Waals surface area contributed by atoms with E-state index in [9.17, 15) is 43.5 Å². The van der Waals surface area contributed by atoms with E-state index in [-0.39, 0.29) is 98.4 Å². The zero-order valence-corrected chi connectivity index (χ0v) is 41.7. The molecule has 374 valence electrons. The lowest BCUT2D eigenvalue weighted by atomic mass is 9.83.